The van der Waals surface area contributed by atoms with E-state index >= 15 is 0 Å². The lowest BCUT2D eigenvalue weighted by Gasteiger charge is -2.11. The molecule has 0 atom stereocenters. The number of hydrogen-bond donors (Lipinski definition) is 1. The summed E-state index contributed by atoms with van der Waals surface area (Å²) in [5.41, 5.74) is 4.63. The molecule has 0 aliphatic carbocycles. The van der Waals surface area contributed by atoms with E-state index in [1.807, 2.05) is 80.6 Å². The predicted molar refractivity (Wildman–Crippen MR) is 127 cm³/mol. The van der Waals surface area contributed by atoms with Gasteiger partial charge >= 0.3 is 0 Å². The Morgan fingerprint density at radius 3 is 2.34 bits per heavy atom. The molecule has 0 unspecified atom stereocenters. The lowest BCUT2D eigenvalue weighted by molar-refractivity contribution is -0.118. The van der Waals surface area contributed by atoms with Crippen molar-refractivity contribution in [2.75, 3.05) is 16.9 Å². The number of amides is 2. The third-order valence-electron chi connectivity index (χ3n) is 4.96. The number of para-hydroxylation sites is 1. The average molecular weight is 425 g/mol. The van der Waals surface area contributed by atoms with Crippen LogP contribution in [0.4, 0.5) is 11.4 Å². The first kappa shape index (κ1) is 21.1. The van der Waals surface area contributed by atoms with Crippen molar-refractivity contribution in [1.82, 2.24) is 0 Å². The fraction of sp³-hybridized carbons (Fsp3) is 0.115. The Bertz CT molecular complexity index is 1180. The molecule has 1 aliphatic rings. The first-order chi connectivity index (χ1) is 15.5. The van der Waals surface area contributed by atoms with Gasteiger partial charge in [-0.2, -0.15) is 10.1 Å². The van der Waals surface area contributed by atoms with E-state index in [0.717, 1.165) is 22.5 Å². The monoisotopic (exact) mass is 425 g/mol. The van der Waals surface area contributed by atoms with Crippen LogP contribution in [0.3, 0.4) is 0 Å². The molecule has 0 radical (unpaired) electrons. The van der Waals surface area contributed by atoms with Gasteiger partial charge in [-0.1, -0.05) is 48.0 Å². The Balaban J connectivity index is 1.37. The molecule has 0 saturated carbocycles. The van der Waals surface area contributed by atoms with Crippen molar-refractivity contribution in [1.29, 1.82) is 0 Å². The standard InChI is InChI=1S/C26H23N3O3/c1-18-8-12-21(13-9-18)27-25(30)17-32-23-14-10-20(11-15-23)16-24-19(2)28-29(26(24)31)22-6-4-3-5-7-22/h3-16H,17H2,1-2H3,(H,27,30)/b24-16+. The molecule has 0 saturated heterocycles. The molecular weight excluding hydrogens is 402 g/mol. The van der Waals surface area contributed by atoms with Gasteiger partial charge < -0.3 is 10.1 Å². The first-order valence-corrected chi connectivity index (χ1v) is 10.3. The van der Waals surface area contributed by atoms with Crippen LogP contribution in [0.15, 0.2) is 89.5 Å². The maximum Gasteiger partial charge on any atom is 0.280 e. The quantitative estimate of drug-likeness (QED) is 0.576. The van der Waals surface area contributed by atoms with Crippen LogP contribution in [-0.2, 0) is 9.59 Å². The maximum absolute atomic E-state index is 12.8. The Morgan fingerprint density at radius 1 is 0.969 bits per heavy atom. The molecule has 0 bridgehead atoms. The second-order valence-corrected chi connectivity index (χ2v) is 7.47. The van der Waals surface area contributed by atoms with Crippen molar-refractivity contribution in [2.24, 2.45) is 5.10 Å². The van der Waals surface area contributed by atoms with E-state index in [2.05, 4.69) is 10.4 Å². The molecule has 1 heterocycles. The van der Waals surface area contributed by atoms with Crippen molar-refractivity contribution in [2.45, 2.75) is 13.8 Å². The molecule has 4 rings (SSSR count). The van der Waals surface area contributed by atoms with Crippen LogP contribution < -0.4 is 15.1 Å². The van der Waals surface area contributed by atoms with E-state index in [-0.39, 0.29) is 18.4 Å². The zero-order chi connectivity index (χ0) is 22.5. The van der Waals surface area contributed by atoms with Gasteiger partial charge in [-0.05, 0) is 61.9 Å². The summed E-state index contributed by atoms with van der Waals surface area (Å²) in [6, 6.07) is 24.1. The molecular formula is C26H23N3O3. The molecule has 3 aromatic rings. The second kappa shape index (κ2) is 9.31. The van der Waals surface area contributed by atoms with Gasteiger partial charge in [0.25, 0.3) is 11.8 Å². The van der Waals surface area contributed by atoms with Crippen LogP contribution >= 0.6 is 0 Å². The zero-order valence-corrected chi connectivity index (χ0v) is 17.9. The number of ether oxygens (including phenoxy) is 1. The van der Waals surface area contributed by atoms with E-state index in [1.165, 1.54) is 5.01 Å². The molecule has 32 heavy (non-hydrogen) atoms. The van der Waals surface area contributed by atoms with Crippen molar-refractivity contribution in [3.05, 3.63) is 95.6 Å². The Hall–Kier alpha value is -4.19. The number of hydrazone groups is 1. The van der Waals surface area contributed by atoms with Crippen LogP contribution in [0, 0.1) is 6.92 Å². The number of carbonyl (C=O) groups is 2. The zero-order valence-electron chi connectivity index (χ0n) is 17.9. The van der Waals surface area contributed by atoms with Gasteiger partial charge in [0.2, 0.25) is 0 Å². The minimum absolute atomic E-state index is 0.0927. The highest BCUT2D eigenvalue weighted by Gasteiger charge is 2.28. The van der Waals surface area contributed by atoms with Gasteiger partial charge in [0.1, 0.15) is 5.75 Å². The predicted octanol–water partition coefficient (Wildman–Crippen LogP) is 4.82. The second-order valence-electron chi connectivity index (χ2n) is 7.47. The van der Waals surface area contributed by atoms with Gasteiger partial charge in [0.15, 0.2) is 6.61 Å². The van der Waals surface area contributed by atoms with Crippen LogP contribution in [0.1, 0.15) is 18.1 Å². The van der Waals surface area contributed by atoms with Crippen molar-refractivity contribution < 1.29 is 14.3 Å². The molecule has 6 heteroatoms. The van der Waals surface area contributed by atoms with E-state index in [0.29, 0.717) is 17.0 Å². The minimum atomic E-state index is -0.232. The summed E-state index contributed by atoms with van der Waals surface area (Å²) >= 11 is 0. The molecule has 3 aromatic carbocycles. The summed E-state index contributed by atoms with van der Waals surface area (Å²) in [5.74, 6) is 0.173. The van der Waals surface area contributed by atoms with E-state index in [4.69, 9.17) is 4.74 Å². The summed E-state index contributed by atoms with van der Waals surface area (Å²) < 4.78 is 5.57. The molecule has 2 amide bonds. The van der Waals surface area contributed by atoms with Gasteiger partial charge in [-0.25, -0.2) is 0 Å². The molecule has 0 fully saturated rings. The van der Waals surface area contributed by atoms with Gasteiger partial charge in [-0.3, -0.25) is 9.59 Å². The number of nitrogens with one attached hydrogen (secondary N) is 1. The lowest BCUT2D eigenvalue weighted by atomic mass is 10.1. The van der Waals surface area contributed by atoms with Gasteiger partial charge in [0.05, 0.1) is 17.0 Å². The summed E-state index contributed by atoms with van der Waals surface area (Å²) in [5, 5.41) is 8.59. The largest absolute Gasteiger partial charge is 0.484 e. The highest BCUT2D eigenvalue weighted by Crippen LogP contribution is 2.25. The maximum atomic E-state index is 12.8. The van der Waals surface area contributed by atoms with Crippen molar-refractivity contribution in [3.63, 3.8) is 0 Å². The SMILES string of the molecule is CC1=NN(c2ccccc2)C(=O)/C1=C/c1ccc(OCC(=O)Nc2ccc(C)cc2)cc1. The summed E-state index contributed by atoms with van der Waals surface area (Å²) in [6.07, 6.45) is 1.80. The Kier molecular flexibility index (Phi) is 6.12. The van der Waals surface area contributed by atoms with E-state index < -0.39 is 0 Å². The van der Waals surface area contributed by atoms with Crippen molar-refractivity contribution >= 4 is 35.0 Å². The topological polar surface area (TPSA) is 71.0 Å². The van der Waals surface area contributed by atoms with Crippen molar-refractivity contribution in [3.8, 4) is 5.75 Å². The molecule has 1 aliphatic heterocycles. The van der Waals surface area contributed by atoms with E-state index in [9.17, 15) is 9.59 Å². The summed E-state index contributed by atoms with van der Waals surface area (Å²) in [4.78, 5) is 24.9. The molecule has 0 aromatic heterocycles. The smallest absolute Gasteiger partial charge is 0.280 e. The number of hydrogen-bond acceptors (Lipinski definition) is 4. The van der Waals surface area contributed by atoms with Gasteiger partial charge in [-0.15, -0.1) is 0 Å². The highest BCUT2D eigenvalue weighted by molar-refractivity contribution is 6.32. The van der Waals surface area contributed by atoms with Crippen LogP contribution in [0.25, 0.3) is 6.08 Å². The lowest BCUT2D eigenvalue weighted by Crippen LogP contribution is -2.21. The van der Waals surface area contributed by atoms with Crippen LogP contribution in [0.5, 0.6) is 5.75 Å². The number of nitrogens with zero attached hydrogens (tertiary/aromatic N) is 2. The molecule has 0 spiro atoms. The normalized spacial score (nSPS) is 14.4. The highest BCUT2D eigenvalue weighted by atomic mass is 16.5. The fourth-order valence-electron chi connectivity index (χ4n) is 3.24. The van der Waals surface area contributed by atoms with E-state index in [1.54, 1.807) is 18.2 Å². The van der Waals surface area contributed by atoms with Gasteiger partial charge in [0, 0.05) is 5.69 Å². The number of benzene rings is 3. The summed E-state index contributed by atoms with van der Waals surface area (Å²) in [7, 11) is 0. The minimum Gasteiger partial charge on any atom is -0.484 e. The molecule has 6 nitrogen and oxygen atoms in total. The molecule has 160 valence electrons. The Morgan fingerprint density at radius 2 is 1.66 bits per heavy atom. The number of carbonyl (C=O) groups excluding carboxylic acids is 2. The molecule has 1 N–H and O–H groups in total. The summed E-state index contributed by atoms with van der Waals surface area (Å²) in [6.45, 7) is 3.71. The number of aryl methyl sites for hydroxylation is 1. The third-order valence-corrected chi connectivity index (χ3v) is 4.96. The Labute approximate surface area is 186 Å². The third kappa shape index (κ3) is 4.92. The fourth-order valence-corrected chi connectivity index (χ4v) is 3.24. The number of rotatable bonds is 6. The first-order valence-electron chi connectivity index (χ1n) is 10.3. The number of anilines is 2. The average Bonchev–Trinajstić information content (AvgIpc) is 3.09. The van der Waals surface area contributed by atoms with Crippen LogP contribution in [-0.4, -0.2) is 24.1 Å². The van der Waals surface area contributed by atoms with Crippen LogP contribution in [0.2, 0.25) is 0 Å².